The molecule has 1 amide bonds. The molecule has 0 bridgehead atoms. The number of rotatable bonds is 7. The second-order valence-corrected chi connectivity index (χ2v) is 7.33. The van der Waals surface area contributed by atoms with E-state index in [1.165, 1.54) is 12.1 Å². The van der Waals surface area contributed by atoms with E-state index in [-0.39, 0.29) is 11.7 Å². The molecule has 29 heavy (non-hydrogen) atoms. The Bertz CT molecular complexity index is 992. The zero-order valence-electron chi connectivity index (χ0n) is 16.6. The normalized spacial score (nSPS) is 13.3. The number of carbonyl (C=O) groups is 1. The third kappa shape index (κ3) is 4.31. The number of hydrogen-bond donors (Lipinski definition) is 0. The molecule has 1 aliphatic carbocycles. The number of aromatic nitrogens is 2. The van der Waals surface area contributed by atoms with Crippen LogP contribution in [0, 0.1) is 11.7 Å². The van der Waals surface area contributed by atoms with Gasteiger partial charge in [0.05, 0.1) is 12.3 Å². The van der Waals surface area contributed by atoms with E-state index in [1.54, 1.807) is 29.9 Å². The van der Waals surface area contributed by atoms with Gasteiger partial charge in [0.25, 0.3) is 5.91 Å². The predicted octanol–water partition coefficient (Wildman–Crippen LogP) is 4.68. The minimum atomic E-state index is -0.299. The summed E-state index contributed by atoms with van der Waals surface area (Å²) in [6, 6.07) is 15.5. The molecule has 4 rings (SSSR count). The monoisotopic (exact) mass is 393 g/mol. The van der Waals surface area contributed by atoms with Crippen molar-refractivity contribution >= 4 is 11.6 Å². The van der Waals surface area contributed by atoms with Crippen LogP contribution in [0.3, 0.4) is 0 Å². The highest BCUT2D eigenvalue weighted by Crippen LogP contribution is 2.33. The van der Waals surface area contributed by atoms with Gasteiger partial charge in [0, 0.05) is 24.8 Å². The van der Waals surface area contributed by atoms with E-state index >= 15 is 0 Å². The summed E-state index contributed by atoms with van der Waals surface area (Å²) < 4.78 is 20.3. The second-order valence-electron chi connectivity index (χ2n) is 7.33. The van der Waals surface area contributed by atoms with Crippen molar-refractivity contribution in [2.24, 2.45) is 13.0 Å². The zero-order valence-corrected chi connectivity index (χ0v) is 16.6. The molecule has 6 heteroatoms. The summed E-state index contributed by atoms with van der Waals surface area (Å²) in [6.45, 7) is 3.23. The molecule has 0 saturated heterocycles. The van der Waals surface area contributed by atoms with Gasteiger partial charge in [0.1, 0.15) is 17.3 Å². The summed E-state index contributed by atoms with van der Waals surface area (Å²) >= 11 is 0. The number of nitrogens with zero attached hydrogens (tertiary/aromatic N) is 3. The number of amides is 1. The molecule has 5 nitrogen and oxygen atoms in total. The van der Waals surface area contributed by atoms with Gasteiger partial charge >= 0.3 is 0 Å². The third-order valence-electron chi connectivity index (χ3n) is 5.08. The van der Waals surface area contributed by atoms with Crippen LogP contribution < -0.4 is 9.64 Å². The number of anilines is 1. The van der Waals surface area contributed by atoms with Crippen molar-refractivity contribution in [2.45, 2.75) is 19.8 Å². The molecule has 0 atom stereocenters. The number of aryl methyl sites for hydroxylation is 1. The molecule has 1 fully saturated rings. The lowest BCUT2D eigenvalue weighted by Gasteiger charge is -2.23. The lowest BCUT2D eigenvalue weighted by Crippen LogP contribution is -2.34. The molecule has 0 unspecified atom stereocenters. The van der Waals surface area contributed by atoms with Gasteiger partial charge in [-0.3, -0.25) is 9.48 Å². The van der Waals surface area contributed by atoms with E-state index in [0.717, 1.165) is 29.8 Å². The van der Waals surface area contributed by atoms with Gasteiger partial charge in [0.2, 0.25) is 0 Å². The molecular formula is C23H24FN3O2. The molecule has 2 aromatic carbocycles. The Hall–Kier alpha value is -3.15. The van der Waals surface area contributed by atoms with Crippen molar-refractivity contribution in [1.29, 1.82) is 0 Å². The molecule has 3 aromatic rings. The highest BCUT2D eigenvalue weighted by Gasteiger charge is 2.30. The smallest absolute Gasteiger partial charge is 0.276 e. The van der Waals surface area contributed by atoms with E-state index in [4.69, 9.17) is 4.74 Å². The molecule has 0 radical (unpaired) electrons. The fourth-order valence-corrected chi connectivity index (χ4v) is 3.32. The van der Waals surface area contributed by atoms with Gasteiger partial charge in [-0.1, -0.05) is 0 Å². The van der Waals surface area contributed by atoms with Crippen molar-refractivity contribution in [3.05, 3.63) is 66.1 Å². The van der Waals surface area contributed by atoms with E-state index in [0.29, 0.717) is 30.5 Å². The summed E-state index contributed by atoms with van der Waals surface area (Å²) in [6.07, 6.45) is 2.29. The third-order valence-corrected chi connectivity index (χ3v) is 5.08. The lowest BCUT2D eigenvalue weighted by atomic mass is 10.1. The summed E-state index contributed by atoms with van der Waals surface area (Å²) in [4.78, 5) is 15.2. The van der Waals surface area contributed by atoms with Gasteiger partial charge in [-0.2, -0.15) is 5.10 Å². The Labute approximate surface area is 169 Å². The topological polar surface area (TPSA) is 47.4 Å². The quantitative estimate of drug-likeness (QED) is 0.585. The van der Waals surface area contributed by atoms with Gasteiger partial charge in [0.15, 0.2) is 0 Å². The van der Waals surface area contributed by atoms with Crippen LogP contribution in [0.1, 0.15) is 30.3 Å². The SMILES string of the molecule is CCOc1ccc(N(CC2CC2)C(=O)c2cc(-c3ccc(F)cc3)nn2C)cc1. The van der Waals surface area contributed by atoms with Crippen LogP contribution in [-0.2, 0) is 7.05 Å². The van der Waals surface area contributed by atoms with E-state index in [1.807, 2.05) is 36.1 Å². The average Bonchev–Trinajstić information content (AvgIpc) is 3.47. The first-order valence-electron chi connectivity index (χ1n) is 9.90. The second kappa shape index (κ2) is 8.07. The van der Waals surface area contributed by atoms with Crippen molar-refractivity contribution in [3.63, 3.8) is 0 Å². The van der Waals surface area contributed by atoms with E-state index < -0.39 is 0 Å². The summed E-state index contributed by atoms with van der Waals surface area (Å²) in [7, 11) is 1.76. The Balaban J connectivity index is 1.63. The maximum Gasteiger partial charge on any atom is 0.276 e. The first kappa shape index (κ1) is 19.2. The molecular weight excluding hydrogens is 369 g/mol. The average molecular weight is 393 g/mol. The van der Waals surface area contributed by atoms with Crippen LogP contribution in [0.15, 0.2) is 54.6 Å². The van der Waals surface area contributed by atoms with Crippen LogP contribution in [-0.4, -0.2) is 28.8 Å². The number of hydrogen-bond acceptors (Lipinski definition) is 3. The van der Waals surface area contributed by atoms with Crippen LogP contribution >= 0.6 is 0 Å². The number of carbonyl (C=O) groups excluding carboxylic acids is 1. The van der Waals surface area contributed by atoms with Crippen molar-refractivity contribution in [1.82, 2.24) is 9.78 Å². The van der Waals surface area contributed by atoms with Gasteiger partial charge in [-0.15, -0.1) is 0 Å². The maximum absolute atomic E-state index is 13.4. The fourth-order valence-electron chi connectivity index (χ4n) is 3.32. The fraction of sp³-hybridized carbons (Fsp3) is 0.304. The summed E-state index contributed by atoms with van der Waals surface area (Å²) in [5.74, 6) is 0.932. The summed E-state index contributed by atoms with van der Waals surface area (Å²) in [5.41, 5.74) is 2.76. The first-order chi connectivity index (χ1) is 14.0. The maximum atomic E-state index is 13.4. The predicted molar refractivity (Wildman–Crippen MR) is 111 cm³/mol. The molecule has 0 spiro atoms. The molecule has 1 saturated carbocycles. The van der Waals surface area contributed by atoms with Gasteiger partial charge < -0.3 is 9.64 Å². The highest BCUT2D eigenvalue weighted by atomic mass is 19.1. The zero-order chi connectivity index (χ0) is 20.4. The molecule has 1 aromatic heterocycles. The Morgan fingerprint density at radius 1 is 1.17 bits per heavy atom. The van der Waals surface area contributed by atoms with Crippen molar-refractivity contribution in [3.8, 4) is 17.0 Å². The lowest BCUT2D eigenvalue weighted by molar-refractivity contribution is 0.0976. The Morgan fingerprint density at radius 2 is 1.86 bits per heavy atom. The van der Waals surface area contributed by atoms with Crippen LogP contribution in [0.2, 0.25) is 0 Å². The van der Waals surface area contributed by atoms with Crippen molar-refractivity contribution < 1.29 is 13.9 Å². The molecule has 150 valence electrons. The summed E-state index contributed by atoms with van der Waals surface area (Å²) in [5, 5.41) is 4.47. The minimum Gasteiger partial charge on any atom is -0.494 e. The molecule has 1 aliphatic rings. The van der Waals surface area contributed by atoms with Crippen LogP contribution in [0.5, 0.6) is 5.75 Å². The van der Waals surface area contributed by atoms with Crippen LogP contribution in [0.25, 0.3) is 11.3 Å². The van der Waals surface area contributed by atoms with Gasteiger partial charge in [-0.05, 0) is 80.3 Å². The number of ether oxygens (including phenoxy) is 1. The standard InChI is InChI=1S/C23H24FN3O2/c1-3-29-20-12-10-19(11-13-20)27(15-16-4-5-16)23(28)22-14-21(25-26(22)2)17-6-8-18(24)9-7-17/h6-14,16H,3-5,15H2,1-2H3. The first-order valence-corrected chi connectivity index (χ1v) is 9.90. The number of halogens is 1. The molecule has 1 heterocycles. The minimum absolute atomic E-state index is 0.0931. The van der Waals surface area contributed by atoms with E-state index in [9.17, 15) is 9.18 Å². The largest absolute Gasteiger partial charge is 0.494 e. The van der Waals surface area contributed by atoms with Gasteiger partial charge in [-0.25, -0.2) is 4.39 Å². The Morgan fingerprint density at radius 3 is 2.48 bits per heavy atom. The van der Waals surface area contributed by atoms with Crippen molar-refractivity contribution in [2.75, 3.05) is 18.1 Å². The molecule has 0 aliphatic heterocycles. The Kier molecular flexibility index (Phi) is 5.34. The highest BCUT2D eigenvalue weighted by molar-refractivity contribution is 6.05. The molecule has 0 N–H and O–H groups in total. The number of benzene rings is 2. The van der Waals surface area contributed by atoms with Crippen LogP contribution in [0.4, 0.5) is 10.1 Å². The van der Waals surface area contributed by atoms with E-state index in [2.05, 4.69) is 5.10 Å².